The Balaban J connectivity index is 0.000000225. The van der Waals surface area contributed by atoms with E-state index in [4.69, 9.17) is 4.74 Å². The molecule has 0 amide bonds. The average Bonchev–Trinajstić information content (AvgIpc) is 2.91. The summed E-state index contributed by atoms with van der Waals surface area (Å²) in [5.74, 6) is -1.14. The van der Waals surface area contributed by atoms with Crippen LogP contribution in [0.2, 0.25) is 0 Å². The summed E-state index contributed by atoms with van der Waals surface area (Å²) in [6.07, 6.45) is 2.97. The van der Waals surface area contributed by atoms with Gasteiger partial charge >= 0.3 is 17.9 Å². The summed E-state index contributed by atoms with van der Waals surface area (Å²) in [4.78, 5) is 31.8. The van der Waals surface area contributed by atoms with Crippen LogP contribution in [0.15, 0.2) is 12.7 Å². The minimum absolute atomic E-state index is 0.0463. The van der Waals surface area contributed by atoms with Crippen LogP contribution in [0.5, 0.6) is 0 Å². The first kappa shape index (κ1) is 14.2. The number of ether oxygens (including phenoxy) is 3. The SMILES string of the molecule is C=CC(=O)OC1(C)CCOC1=O.O=C1CCCO1. The highest BCUT2D eigenvalue weighted by atomic mass is 16.6. The van der Waals surface area contributed by atoms with E-state index < -0.39 is 17.5 Å². The Morgan fingerprint density at radius 1 is 1.39 bits per heavy atom. The number of rotatable bonds is 2. The fourth-order valence-electron chi connectivity index (χ4n) is 1.42. The average molecular weight is 256 g/mol. The zero-order valence-electron chi connectivity index (χ0n) is 10.3. The van der Waals surface area contributed by atoms with E-state index in [0.29, 0.717) is 26.1 Å². The predicted molar refractivity (Wildman–Crippen MR) is 60.5 cm³/mol. The molecule has 0 bridgehead atoms. The fourth-order valence-corrected chi connectivity index (χ4v) is 1.42. The molecule has 0 spiro atoms. The predicted octanol–water partition coefficient (Wildman–Crippen LogP) is 0.745. The van der Waals surface area contributed by atoms with Crippen LogP contribution >= 0.6 is 0 Å². The summed E-state index contributed by atoms with van der Waals surface area (Å²) in [6.45, 7) is 5.71. The lowest BCUT2D eigenvalue weighted by atomic mass is 10.1. The first-order valence-corrected chi connectivity index (χ1v) is 5.66. The minimum atomic E-state index is -1.11. The zero-order chi connectivity index (χ0) is 13.6. The molecule has 0 saturated carbocycles. The summed E-state index contributed by atoms with van der Waals surface area (Å²) in [5.41, 5.74) is -1.11. The number of carbonyl (C=O) groups excluding carboxylic acids is 3. The van der Waals surface area contributed by atoms with Crippen molar-refractivity contribution in [3.8, 4) is 0 Å². The van der Waals surface area contributed by atoms with Gasteiger partial charge in [-0.1, -0.05) is 6.58 Å². The summed E-state index contributed by atoms with van der Waals surface area (Å²) in [5, 5.41) is 0. The second-order valence-electron chi connectivity index (χ2n) is 4.07. The number of carbonyl (C=O) groups is 3. The molecule has 2 saturated heterocycles. The summed E-state index contributed by atoms with van der Waals surface area (Å²) in [6, 6.07) is 0. The molecule has 0 N–H and O–H groups in total. The van der Waals surface area contributed by atoms with Gasteiger partial charge in [0, 0.05) is 18.9 Å². The smallest absolute Gasteiger partial charge is 0.350 e. The quantitative estimate of drug-likeness (QED) is 0.412. The molecule has 0 aromatic carbocycles. The molecule has 18 heavy (non-hydrogen) atoms. The Bertz CT molecular complexity index is 354. The van der Waals surface area contributed by atoms with Crippen molar-refractivity contribution in [3.05, 3.63) is 12.7 Å². The van der Waals surface area contributed by atoms with Gasteiger partial charge in [0.05, 0.1) is 13.2 Å². The summed E-state index contributed by atoms with van der Waals surface area (Å²) in [7, 11) is 0. The molecular weight excluding hydrogens is 240 g/mol. The third-order valence-electron chi connectivity index (χ3n) is 2.52. The van der Waals surface area contributed by atoms with E-state index >= 15 is 0 Å². The van der Waals surface area contributed by atoms with Crippen molar-refractivity contribution in [1.29, 1.82) is 0 Å². The molecule has 2 aliphatic rings. The van der Waals surface area contributed by atoms with Gasteiger partial charge < -0.3 is 14.2 Å². The van der Waals surface area contributed by atoms with E-state index in [1.165, 1.54) is 6.92 Å². The van der Waals surface area contributed by atoms with Gasteiger partial charge in [-0.2, -0.15) is 0 Å². The molecule has 6 heteroatoms. The summed E-state index contributed by atoms with van der Waals surface area (Å²) >= 11 is 0. The summed E-state index contributed by atoms with van der Waals surface area (Å²) < 4.78 is 14.0. The Labute approximate surface area is 105 Å². The van der Waals surface area contributed by atoms with Crippen LogP contribution in [0, 0.1) is 0 Å². The van der Waals surface area contributed by atoms with Crippen LogP contribution in [-0.4, -0.2) is 36.7 Å². The topological polar surface area (TPSA) is 78.9 Å². The van der Waals surface area contributed by atoms with Crippen LogP contribution in [0.4, 0.5) is 0 Å². The van der Waals surface area contributed by atoms with Gasteiger partial charge in [0.2, 0.25) is 5.60 Å². The third kappa shape index (κ3) is 3.87. The van der Waals surface area contributed by atoms with Crippen molar-refractivity contribution in [2.24, 2.45) is 0 Å². The van der Waals surface area contributed by atoms with Crippen LogP contribution in [0.25, 0.3) is 0 Å². The standard InChI is InChI=1S/C8H10O4.C4H6O2/c1-3-6(9)12-8(2)4-5-11-7(8)10;5-4-2-1-3-6-4/h3H,1,4-5H2,2H3;1-3H2. The van der Waals surface area contributed by atoms with E-state index in [1.54, 1.807) is 0 Å². The molecule has 2 fully saturated rings. The van der Waals surface area contributed by atoms with E-state index in [9.17, 15) is 14.4 Å². The largest absolute Gasteiger partial charge is 0.466 e. The Morgan fingerprint density at radius 2 is 2.11 bits per heavy atom. The molecule has 1 atom stereocenters. The van der Waals surface area contributed by atoms with Crippen molar-refractivity contribution < 1.29 is 28.6 Å². The van der Waals surface area contributed by atoms with Crippen LogP contribution in [-0.2, 0) is 28.6 Å². The highest BCUT2D eigenvalue weighted by Crippen LogP contribution is 2.23. The fraction of sp³-hybridized carbons (Fsp3) is 0.583. The molecule has 0 aliphatic carbocycles. The lowest BCUT2D eigenvalue weighted by Crippen LogP contribution is -2.35. The maximum Gasteiger partial charge on any atom is 0.350 e. The van der Waals surface area contributed by atoms with Crippen molar-refractivity contribution in [3.63, 3.8) is 0 Å². The van der Waals surface area contributed by atoms with E-state index in [2.05, 4.69) is 16.1 Å². The second kappa shape index (κ2) is 6.18. The monoisotopic (exact) mass is 256 g/mol. The molecule has 0 aromatic rings. The Morgan fingerprint density at radius 3 is 2.44 bits per heavy atom. The molecule has 100 valence electrons. The van der Waals surface area contributed by atoms with Crippen LogP contribution in [0.3, 0.4) is 0 Å². The molecular formula is C12H16O6. The highest BCUT2D eigenvalue weighted by Gasteiger charge is 2.43. The maximum atomic E-state index is 11.0. The third-order valence-corrected chi connectivity index (χ3v) is 2.52. The van der Waals surface area contributed by atoms with Gasteiger partial charge in [-0.25, -0.2) is 9.59 Å². The van der Waals surface area contributed by atoms with Gasteiger partial charge in [-0.15, -0.1) is 0 Å². The Kier molecular flexibility index (Phi) is 4.88. The molecule has 0 radical (unpaired) electrons. The van der Waals surface area contributed by atoms with Crippen LogP contribution in [0.1, 0.15) is 26.2 Å². The number of hydrogen-bond acceptors (Lipinski definition) is 6. The first-order valence-electron chi connectivity index (χ1n) is 5.66. The van der Waals surface area contributed by atoms with Crippen molar-refractivity contribution in [1.82, 2.24) is 0 Å². The van der Waals surface area contributed by atoms with E-state index in [0.717, 1.165) is 12.5 Å². The Hall–Kier alpha value is -1.85. The lowest BCUT2D eigenvalue weighted by molar-refractivity contribution is -0.167. The minimum Gasteiger partial charge on any atom is -0.466 e. The van der Waals surface area contributed by atoms with Gasteiger partial charge in [0.25, 0.3) is 0 Å². The maximum absolute atomic E-state index is 11.0. The highest BCUT2D eigenvalue weighted by molar-refractivity contribution is 5.88. The van der Waals surface area contributed by atoms with Crippen molar-refractivity contribution in [2.75, 3.05) is 13.2 Å². The molecule has 0 aromatic heterocycles. The lowest BCUT2D eigenvalue weighted by Gasteiger charge is -2.17. The molecule has 2 heterocycles. The second-order valence-corrected chi connectivity index (χ2v) is 4.07. The van der Waals surface area contributed by atoms with Gasteiger partial charge in [0.1, 0.15) is 0 Å². The number of hydrogen-bond donors (Lipinski definition) is 0. The van der Waals surface area contributed by atoms with E-state index in [-0.39, 0.29) is 5.97 Å². The van der Waals surface area contributed by atoms with Crippen molar-refractivity contribution >= 4 is 17.9 Å². The van der Waals surface area contributed by atoms with Gasteiger partial charge in [-0.3, -0.25) is 4.79 Å². The van der Waals surface area contributed by atoms with Gasteiger partial charge in [-0.05, 0) is 13.3 Å². The number of esters is 3. The molecule has 6 nitrogen and oxygen atoms in total. The molecule has 2 aliphatic heterocycles. The number of cyclic esters (lactones) is 2. The van der Waals surface area contributed by atoms with E-state index in [1.807, 2.05) is 0 Å². The van der Waals surface area contributed by atoms with Crippen molar-refractivity contribution in [2.45, 2.75) is 31.8 Å². The van der Waals surface area contributed by atoms with Crippen LogP contribution < -0.4 is 0 Å². The molecule has 2 rings (SSSR count). The zero-order valence-corrected chi connectivity index (χ0v) is 10.3. The normalized spacial score (nSPS) is 25.6. The van der Waals surface area contributed by atoms with Gasteiger partial charge in [0.15, 0.2) is 0 Å². The first-order chi connectivity index (χ1) is 8.48. The molecule has 1 unspecified atom stereocenters.